The van der Waals surface area contributed by atoms with Crippen molar-refractivity contribution in [1.29, 1.82) is 0 Å². The Kier molecular flexibility index (Phi) is 7.86. The third-order valence-corrected chi connectivity index (χ3v) is 11.3. The monoisotopic (exact) mass is 445 g/mol. The van der Waals surface area contributed by atoms with Gasteiger partial charge in [0.1, 0.15) is 11.9 Å². The maximum absolute atomic E-state index is 9.46. The van der Waals surface area contributed by atoms with Gasteiger partial charge in [0, 0.05) is 6.92 Å². The molecule has 0 N–H and O–H groups in total. The molecule has 0 aliphatic heterocycles. The molecule has 0 heterocycles. The second kappa shape index (κ2) is 10.2. The van der Waals surface area contributed by atoms with E-state index in [2.05, 4.69) is 107 Å². The summed E-state index contributed by atoms with van der Waals surface area (Å²) in [6.07, 6.45) is 0. The fourth-order valence-corrected chi connectivity index (χ4v) is 9.67. The summed E-state index contributed by atoms with van der Waals surface area (Å²) in [6, 6.07) is 32.9. The van der Waals surface area contributed by atoms with Crippen molar-refractivity contribution in [3.8, 4) is 0 Å². The Morgan fingerprint density at radius 2 is 0.958 bits per heavy atom. The van der Waals surface area contributed by atoms with Crippen LogP contribution in [0, 0.1) is 0 Å². The van der Waals surface area contributed by atoms with Gasteiger partial charge in [0.15, 0.2) is 0 Å². The Morgan fingerprint density at radius 3 is 1.17 bits per heavy atom. The third kappa shape index (κ3) is 5.69. The van der Waals surface area contributed by atoms with Gasteiger partial charge in [0.25, 0.3) is 0 Å². The van der Waals surface area contributed by atoms with E-state index >= 15 is 0 Å². The Morgan fingerprint density at radius 1 is 0.708 bits per heavy atom. The molecule has 0 unspecified atom stereocenters. The molecule has 0 aliphatic carbocycles. The summed E-state index contributed by atoms with van der Waals surface area (Å²) in [5.74, 6) is -0.480. The molecular weight excluding hydrogens is 426 g/mol. The van der Waals surface area contributed by atoms with Crippen LogP contribution in [0.5, 0.6) is 0 Å². The van der Waals surface area contributed by atoms with Crippen LogP contribution in [0.1, 0.15) is 6.92 Å². The summed E-state index contributed by atoms with van der Waals surface area (Å²) < 4.78 is 8.17. The van der Waals surface area contributed by atoms with E-state index in [4.69, 9.17) is 0 Å². The summed E-state index contributed by atoms with van der Waals surface area (Å²) >= 11 is 2.51. The average Bonchev–Trinajstić information content (AvgIpc) is 2.65. The number of hydrogen-bond donors (Lipinski definition) is 0. The van der Waals surface area contributed by atoms with Crippen molar-refractivity contribution in [3.63, 3.8) is 0 Å². The fourth-order valence-electron chi connectivity index (χ4n) is 2.31. The van der Waals surface area contributed by atoms with Crippen molar-refractivity contribution in [3.05, 3.63) is 91.0 Å². The number of halogens is 1. The molecule has 0 atom stereocenters. The van der Waals surface area contributed by atoms with Crippen LogP contribution in [0.15, 0.2) is 91.0 Å². The van der Waals surface area contributed by atoms with Crippen molar-refractivity contribution >= 4 is 48.3 Å². The molecule has 3 rings (SSSR count). The molecule has 0 amide bonds. The summed E-state index contributed by atoms with van der Waals surface area (Å²) in [4.78, 5) is 9.46. The number of carbonyl (C=O) groups is 1. The summed E-state index contributed by atoms with van der Waals surface area (Å²) in [5.41, 5.74) is 0. The number of hydrogen-bond acceptors (Lipinski definition) is 2. The van der Waals surface area contributed by atoms with Crippen molar-refractivity contribution in [2.24, 2.45) is 0 Å². The normalized spacial score (nSPS) is 9.79. The van der Waals surface area contributed by atoms with Gasteiger partial charge >= 0.3 is 127 Å². The van der Waals surface area contributed by atoms with Crippen LogP contribution < -0.4 is 10.7 Å². The molecule has 0 saturated carbocycles. The van der Waals surface area contributed by atoms with Gasteiger partial charge in [0.2, 0.25) is 0 Å². The average molecular weight is 445 g/mol. The molecule has 0 saturated heterocycles. The SMILES string of the molecule is CC(=O)OCl.c1cc[c]([Sn]([c]2ccccc2)[c]2ccccc2)cc1. The van der Waals surface area contributed by atoms with E-state index in [0.29, 0.717) is 0 Å². The Bertz CT molecular complexity index is 639. The van der Waals surface area contributed by atoms with E-state index < -0.39 is 25.7 Å². The first kappa shape index (κ1) is 18.6. The van der Waals surface area contributed by atoms with Crippen molar-refractivity contribution < 1.29 is 9.08 Å². The van der Waals surface area contributed by atoms with Gasteiger partial charge < -0.3 is 4.29 Å². The maximum atomic E-state index is 9.46. The fraction of sp³-hybridized carbons (Fsp3) is 0.0500. The van der Waals surface area contributed by atoms with Crippen molar-refractivity contribution in [2.75, 3.05) is 0 Å². The predicted octanol–water partition coefficient (Wildman–Crippen LogP) is 2.91. The molecule has 3 aromatic carbocycles. The second-order valence-electron chi connectivity index (χ2n) is 5.04. The molecule has 1 radical (unpaired) electrons. The molecule has 0 fully saturated rings. The van der Waals surface area contributed by atoms with Gasteiger partial charge in [-0.3, -0.25) is 4.79 Å². The molecule has 4 heteroatoms. The Hall–Kier alpha value is -1.78. The van der Waals surface area contributed by atoms with Crippen LogP contribution >= 0.6 is 11.9 Å². The minimum atomic E-state index is -1.98. The van der Waals surface area contributed by atoms with E-state index in [1.807, 2.05) is 0 Å². The summed E-state index contributed by atoms with van der Waals surface area (Å²) in [5, 5.41) is 0. The standard InChI is InChI=1S/3C6H5.C2H3ClO2.Sn/c3*1-2-4-6-5-3-1;1-2(4)5-3;/h3*1-5H;1H3;. The molecule has 24 heavy (non-hydrogen) atoms. The van der Waals surface area contributed by atoms with E-state index in [1.54, 1.807) is 0 Å². The molecule has 121 valence electrons. The minimum absolute atomic E-state index is 0.480. The molecule has 2 nitrogen and oxygen atoms in total. The molecule has 0 aromatic heterocycles. The molecular formula is C20H18ClO2Sn. The van der Waals surface area contributed by atoms with Crippen LogP contribution in [0.4, 0.5) is 0 Å². The second-order valence-corrected chi connectivity index (χ2v) is 12.3. The predicted molar refractivity (Wildman–Crippen MR) is 102 cm³/mol. The van der Waals surface area contributed by atoms with Crippen LogP contribution in [0.2, 0.25) is 0 Å². The van der Waals surface area contributed by atoms with Crippen molar-refractivity contribution in [1.82, 2.24) is 0 Å². The Balaban J connectivity index is 0.000000368. The Labute approximate surface area is 155 Å². The van der Waals surface area contributed by atoms with Gasteiger partial charge in [-0.1, -0.05) is 0 Å². The number of carbonyl (C=O) groups excluding carboxylic acids is 1. The van der Waals surface area contributed by atoms with Crippen LogP contribution in [0.3, 0.4) is 0 Å². The van der Waals surface area contributed by atoms with Crippen LogP contribution in [0.25, 0.3) is 0 Å². The van der Waals surface area contributed by atoms with Gasteiger partial charge in [-0.2, -0.15) is 0 Å². The zero-order valence-electron chi connectivity index (χ0n) is 13.4. The zero-order chi connectivity index (χ0) is 17.2. The van der Waals surface area contributed by atoms with Crippen molar-refractivity contribution in [2.45, 2.75) is 6.92 Å². The van der Waals surface area contributed by atoms with E-state index in [0.717, 1.165) is 0 Å². The quantitative estimate of drug-likeness (QED) is 0.581. The van der Waals surface area contributed by atoms with Gasteiger partial charge in [0.05, 0.1) is 0 Å². The van der Waals surface area contributed by atoms with E-state index in [-0.39, 0.29) is 0 Å². The van der Waals surface area contributed by atoms with Gasteiger partial charge in [-0.15, -0.1) is 0 Å². The topological polar surface area (TPSA) is 26.3 Å². The molecule has 0 bridgehead atoms. The first-order chi connectivity index (χ1) is 11.7. The molecule has 0 aliphatic rings. The molecule has 0 spiro atoms. The zero-order valence-corrected chi connectivity index (χ0v) is 17.0. The van der Waals surface area contributed by atoms with Gasteiger partial charge in [-0.05, 0) is 0 Å². The van der Waals surface area contributed by atoms with E-state index in [1.165, 1.54) is 17.7 Å². The third-order valence-electron chi connectivity index (χ3n) is 3.30. The van der Waals surface area contributed by atoms with E-state index in [9.17, 15) is 4.79 Å². The summed E-state index contributed by atoms with van der Waals surface area (Å²) in [6.45, 7) is 1.23. The number of benzene rings is 3. The van der Waals surface area contributed by atoms with Crippen LogP contribution in [-0.2, 0) is 9.08 Å². The first-order valence-corrected chi connectivity index (χ1v) is 12.1. The molecule has 3 aromatic rings. The van der Waals surface area contributed by atoms with Gasteiger partial charge in [-0.25, -0.2) is 0 Å². The summed E-state index contributed by atoms with van der Waals surface area (Å²) in [7, 11) is 0. The van der Waals surface area contributed by atoms with Crippen LogP contribution in [-0.4, -0.2) is 25.7 Å². The first-order valence-electron chi connectivity index (χ1n) is 7.54. The number of rotatable bonds is 3.